The smallest absolute Gasteiger partial charge is 0.368 e. The average molecular weight is 226 g/mol. The van der Waals surface area contributed by atoms with Crippen LogP contribution < -0.4 is 11.1 Å². The molecular formula is C5H5F3N4OS. The molecule has 9 heteroatoms. The number of hydrogen-bond acceptors (Lipinski definition) is 5. The molecule has 1 aromatic rings. The van der Waals surface area contributed by atoms with Crippen molar-refractivity contribution < 1.29 is 18.0 Å². The minimum absolute atomic E-state index is 0.0869. The minimum Gasteiger partial charge on any atom is -0.368 e. The molecule has 0 aliphatic carbocycles. The number of nitrogens with two attached hydrogens (primary N) is 1. The number of nitrogens with one attached hydrogen (secondary N) is 1. The molecule has 1 amide bonds. The number of carbonyl (C=O) groups excluding carboxylic acids is 1. The molecule has 0 spiro atoms. The van der Waals surface area contributed by atoms with E-state index >= 15 is 0 Å². The first-order valence-corrected chi connectivity index (χ1v) is 4.10. The van der Waals surface area contributed by atoms with Crippen LogP contribution in [0.2, 0.25) is 0 Å². The van der Waals surface area contributed by atoms with E-state index in [2.05, 4.69) is 14.7 Å². The van der Waals surface area contributed by atoms with Crippen LogP contribution in [0.3, 0.4) is 0 Å². The molecule has 1 aromatic heterocycles. The highest BCUT2D eigenvalue weighted by Crippen LogP contribution is 2.28. The van der Waals surface area contributed by atoms with Gasteiger partial charge >= 0.3 is 6.18 Å². The van der Waals surface area contributed by atoms with Crippen LogP contribution >= 0.6 is 11.5 Å². The zero-order chi connectivity index (χ0) is 10.8. The summed E-state index contributed by atoms with van der Waals surface area (Å²) in [5.74, 6) is -1.91. The quantitative estimate of drug-likeness (QED) is 0.784. The van der Waals surface area contributed by atoms with E-state index in [4.69, 9.17) is 5.73 Å². The van der Waals surface area contributed by atoms with Crippen molar-refractivity contribution in [3.05, 3.63) is 5.82 Å². The summed E-state index contributed by atoms with van der Waals surface area (Å²) in [4.78, 5) is 13.4. The SMILES string of the molecule is NC(=O)CNc1nc(C(F)(F)F)ns1. The summed E-state index contributed by atoms with van der Waals surface area (Å²) < 4.78 is 38.9. The molecule has 0 unspecified atom stereocenters. The topological polar surface area (TPSA) is 80.9 Å². The van der Waals surface area contributed by atoms with Crippen molar-refractivity contribution in [3.63, 3.8) is 0 Å². The molecule has 0 aromatic carbocycles. The van der Waals surface area contributed by atoms with E-state index in [0.29, 0.717) is 11.5 Å². The van der Waals surface area contributed by atoms with Crippen molar-refractivity contribution in [1.82, 2.24) is 9.36 Å². The van der Waals surface area contributed by atoms with E-state index in [-0.39, 0.29) is 11.7 Å². The second-order valence-corrected chi connectivity index (χ2v) is 2.99. The molecule has 0 aliphatic rings. The number of rotatable bonds is 3. The zero-order valence-electron chi connectivity index (χ0n) is 6.63. The number of hydrogen-bond donors (Lipinski definition) is 2. The summed E-state index contributed by atoms with van der Waals surface area (Å²) in [5.41, 5.74) is 4.77. The second-order valence-electron chi connectivity index (χ2n) is 2.24. The van der Waals surface area contributed by atoms with Crippen molar-refractivity contribution >= 4 is 22.6 Å². The lowest BCUT2D eigenvalue weighted by molar-refractivity contribution is -0.144. The number of anilines is 1. The molecule has 0 aliphatic heterocycles. The lowest BCUT2D eigenvalue weighted by Gasteiger charge is -1.98. The summed E-state index contributed by atoms with van der Waals surface area (Å²) in [6.07, 6.45) is -4.57. The van der Waals surface area contributed by atoms with Gasteiger partial charge in [0.2, 0.25) is 16.9 Å². The molecule has 78 valence electrons. The van der Waals surface area contributed by atoms with Crippen LogP contribution in [0.1, 0.15) is 5.82 Å². The standard InChI is InChI=1S/C5H5F3N4OS/c6-5(7,8)3-11-4(14-12-3)10-1-2(9)13/h1H2,(H2,9,13)(H,10,11,12). The highest BCUT2D eigenvalue weighted by Gasteiger charge is 2.36. The van der Waals surface area contributed by atoms with Gasteiger partial charge in [-0.15, -0.1) is 0 Å². The fraction of sp³-hybridized carbons (Fsp3) is 0.400. The Balaban J connectivity index is 2.64. The number of alkyl halides is 3. The van der Waals surface area contributed by atoms with Crippen LogP contribution in [0.15, 0.2) is 0 Å². The average Bonchev–Trinajstić information content (AvgIpc) is 2.47. The molecule has 0 bridgehead atoms. The molecule has 0 radical (unpaired) electrons. The molecule has 1 heterocycles. The number of aromatic nitrogens is 2. The number of primary amides is 1. The highest BCUT2D eigenvalue weighted by molar-refractivity contribution is 7.09. The van der Waals surface area contributed by atoms with Crippen LogP contribution in [0.25, 0.3) is 0 Å². The van der Waals surface area contributed by atoms with Crippen LogP contribution in [0, 0.1) is 0 Å². The normalized spacial score (nSPS) is 11.4. The van der Waals surface area contributed by atoms with Gasteiger partial charge in [-0.2, -0.15) is 22.5 Å². The molecule has 1 rings (SSSR count). The molecule has 3 N–H and O–H groups in total. The van der Waals surface area contributed by atoms with Crippen LogP contribution in [-0.2, 0) is 11.0 Å². The van der Waals surface area contributed by atoms with Gasteiger partial charge in [-0.3, -0.25) is 4.79 Å². The molecule has 5 nitrogen and oxygen atoms in total. The Morgan fingerprint density at radius 3 is 2.64 bits per heavy atom. The number of carbonyl (C=O) groups is 1. The van der Waals surface area contributed by atoms with E-state index in [9.17, 15) is 18.0 Å². The molecule has 0 saturated heterocycles. The molecule has 14 heavy (non-hydrogen) atoms. The first kappa shape index (κ1) is 10.7. The Kier molecular flexibility index (Phi) is 2.89. The van der Waals surface area contributed by atoms with Crippen molar-refractivity contribution in [2.75, 3.05) is 11.9 Å². The Hall–Kier alpha value is -1.38. The summed E-state index contributed by atoms with van der Waals surface area (Å²) >= 11 is 0.518. The molecule has 0 fully saturated rings. The maximum atomic E-state index is 12.0. The summed E-state index contributed by atoms with van der Waals surface area (Å²) in [7, 11) is 0. The highest BCUT2D eigenvalue weighted by atomic mass is 32.1. The first-order chi connectivity index (χ1) is 6.39. The molecule has 0 atom stereocenters. The molecular weight excluding hydrogens is 221 g/mol. The maximum absolute atomic E-state index is 12.0. The van der Waals surface area contributed by atoms with E-state index < -0.39 is 17.9 Å². The van der Waals surface area contributed by atoms with Gasteiger partial charge in [-0.1, -0.05) is 0 Å². The van der Waals surface area contributed by atoms with Gasteiger partial charge < -0.3 is 11.1 Å². The number of halogens is 3. The maximum Gasteiger partial charge on any atom is 0.452 e. The van der Waals surface area contributed by atoms with Gasteiger partial charge in [0, 0.05) is 11.5 Å². The number of amides is 1. The third kappa shape index (κ3) is 2.83. The Morgan fingerprint density at radius 1 is 1.57 bits per heavy atom. The van der Waals surface area contributed by atoms with E-state index in [1.165, 1.54) is 0 Å². The Labute approximate surface area is 80.3 Å². The van der Waals surface area contributed by atoms with Gasteiger partial charge in [-0.25, -0.2) is 0 Å². The fourth-order valence-corrected chi connectivity index (χ4v) is 1.15. The van der Waals surface area contributed by atoms with Crippen LogP contribution in [0.4, 0.5) is 18.3 Å². The van der Waals surface area contributed by atoms with E-state index in [0.717, 1.165) is 0 Å². The Bertz CT molecular complexity index is 336. The predicted octanol–water partition coefficient (Wildman–Crippen LogP) is 0.454. The van der Waals surface area contributed by atoms with Crippen molar-refractivity contribution in [2.24, 2.45) is 5.73 Å². The fourth-order valence-electron chi connectivity index (χ4n) is 0.573. The minimum atomic E-state index is -4.57. The van der Waals surface area contributed by atoms with Gasteiger partial charge in [0.1, 0.15) is 0 Å². The van der Waals surface area contributed by atoms with Gasteiger partial charge in [-0.05, 0) is 0 Å². The second kappa shape index (κ2) is 3.78. The van der Waals surface area contributed by atoms with Gasteiger partial charge in [0.05, 0.1) is 6.54 Å². The monoisotopic (exact) mass is 226 g/mol. The third-order valence-corrected chi connectivity index (χ3v) is 1.77. The van der Waals surface area contributed by atoms with Gasteiger partial charge in [0.15, 0.2) is 0 Å². The lowest BCUT2D eigenvalue weighted by atomic mass is 10.6. The summed E-state index contributed by atoms with van der Waals surface area (Å²) in [5, 5.41) is 2.22. The van der Waals surface area contributed by atoms with E-state index in [1.807, 2.05) is 0 Å². The van der Waals surface area contributed by atoms with Crippen molar-refractivity contribution in [1.29, 1.82) is 0 Å². The predicted molar refractivity (Wildman–Crippen MR) is 42.6 cm³/mol. The third-order valence-electron chi connectivity index (χ3n) is 1.09. The van der Waals surface area contributed by atoms with Crippen LogP contribution in [0.5, 0.6) is 0 Å². The number of nitrogens with zero attached hydrogens (tertiary/aromatic N) is 2. The summed E-state index contributed by atoms with van der Waals surface area (Å²) in [6, 6.07) is 0. The largest absolute Gasteiger partial charge is 0.452 e. The lowest BCUT2D eigenvalue weighted by Crippen LogP contribution is -2.21. The molecule has 0 saturated carbocycles. The van der Waals surface area contributed by atoms with Crippen LogP contribution in [-0.4, -0.2) is 21.8 Å². The van der Waals surface area contributed by atoms with Crippen molar-refractivity contribution in [3.8, 4) is 0 Å². The van der Waals surface area contributed by atoms with Gasteiger partial charge in [0.25, 0.3) is 0 Å². The zero-order valence-corrected chi connectivity index (χ0v) is 7.45. The summed E-state index contributed by atoms with van der Waals surface area (Å²) in [6.45, 7) is -0.271. The van der Waals surface area contributed by atoms with Crippen molar-refractivity contribution in [2.45, 2.75) is 6.18 Å². The first-order valence-electron chi connectivity index (χ1n) is 3.32. The Morgan fingerprint density at radius 2 is 2.21 bits per heavy atom. The van der Waals surface area contributed by atoms with E-state index in [1.54, 1.807) is 0 Å².